The molecule has 0 bridgehead atoms. The van der Waals surface area contributed by atoms with Crippen LogP contribution in [0, 0.1) is 13.8 Å². The van der Waals surface area contributed by atoms with E-state index in [-0.39, 0.29) is 0 Å². The lowest BCUT2D eigenvalue weighted by atomic mass is 9.96. The van der Waals surface area contributed by atoms with E-state index in [9.17, 15) is 0 Å². The van der Waals surface area contributed by atoms with Crippen LogP contribution in [0.4, 0.5) is 0 Å². The predicted octanol–water partition coefficient (Wildman–Crippen LogP) is 13.7. The van der Waals surface area contributed by atoms with Crippen LogP contribution in [0.25, 0.3) is 84.4 Å². The quantitative estimate of drug-likeness (QED) is 0.199. The first kappa shape index (κ1) is 27.8. The zero-order chi connectivity index (χ0) is 31.3. The average molecular weight is 630 g/mol. The molecule has 224 valence electrons. The van der Waals surface area contributed by atoms with Crippen molar-refractivity contribution < 1.29 is 0 Å². The summed E-state index contributed by atoms with van der Waals surface area (Å²) in [6.07, 6.45) is 1.06. The van der Waals surface area contributed by atoms with Crippen molar-refractivity contribution in [1.82, 2.24) is 4.98 Å². The van der Waals surface area contributed by atoms with Crippen LogP contribution >= 0.6 is 22.7 Å². The van der Waals surface area contributed by atoms with E-state index < -0.39 is 0 Å². The highest BCUT2D eigenvalue weighted by atomic mass is 32.1. The lowest BCUT2D eigenvalue weighted by Crippen LogP contribution is -1.85. The lowest BCUT2D eigenvalue weighted by Gasteiger charge is -2.08. The topological polar surface area (TPSA) is 15.8 Å². The summed E-state index contributed by atoms with van der Waals surface area (Å²) >= 11 is 3.84. The molecule has 0 fully saturated rings. The number of rotatable bonds is 4. The van der Waals surface area contributed by atoms with Gasteiger partial charge in [-0.3, -0.25) is 0 Å². The Bertz CT molecular complexity index is 2680. The number of aromatic nitrogens is 1. The third-order valence-electron chi connectivity index (χ3n) is 9.81. The number of aromatic amines is 1. The molecular weight excluding hydrogens is 595 g/mol. The molecule has 0 aliphatic rings. The molecule has 1 nitrogen and oxygen atoms in total. The smallest absolute Gasteiger partial charge is 0.0465 e. The second kappa shape index (κ2) is 10.3. The summed E-state index contributed by atoms with van der Waals surface area (Å²) in [6.45, 7) is 11.3. The first-order valence-corrected chi connectivity index (χ1v) is 18.0. The predicted molar refractivity (Wildman–Crippen MR) is 205 cm³/mol. The zero-order valence-electron chi connectivity index (χ0n) is 26.8. The maximum Gasteiger partial charge on any atom is 0.0465 e. The van der Waals surface area contributed by atoms with Crippen molar-refractivity contribution in [2.24, 2.45) is 0 Å². The number of thiophene rings is 2. The lowest BCUT2D eigenvalue weighted by molar-refractivity contribution is 0.869. The van der Waals surface area contributed by atoms with E-state index in [0.29, 0.717) is 5.92 Å². The number of hydrogen-bond acceptors (Lipinski definition) is 2. The van der Waals surface area contributed by atoms with E-state index in [1.807, 2.05) is 22.7 Å². The molecule has 46 heavy (non-hydrogen) atoms. The summed E-state index contributed by atoms with van der Waals surface area (Å²) in [5.74, 6) is 0.515. The van der Waals surface area contributed by atoms with E-state index in [1.165, 1.54) is 107 Å². The SMILES string of the molecule is CCc1ccc2sc3c(-c4ccc5[nH]c6ccc(-c7cc(C)cc8c7sc7ccc(C(C)C)cc78)cc6c5c4)cc(C)cc3c2c1. The van der Waals surface area contributed by atoms with Crippen molar-refractivity contribution in [3.63, 3.8) is 0 Å². The second-order valence-corrected chi connectivity index (χ2v) is 15.4. The van der Waals surface area contributed by atoms with E-state index in [0.717, 1.165) is 6.42 Å². The van der Waals surface area contributed by atoms with Crippen molar-refractivity contribution in [2.45, 2.75) is 47.0 Å². The Morgan fingerprint density at radius 1 is 0.543 bits per heavy atom. The molecule has 0 aliphatic heterocycles. The average Bonchev–Trinajstić information content (AvgIpc) is 3.74. The molecule has 6 aromatic carbocycles. The van der Waals surface area contributed by atoms with Gasteiger partial charge in [-0.2, -0.15) is 0 Å². The molecule has 3 heterocycles. The van der Waals surface area contributed by atoms with Crippen molar-refractivity contribution in [2.75, 3.05) is 0 Å². The third-order valence-corrected chi connectivity index (χ3v) is 12.3. The van der Waals surface area contributed by atoms with Gasteiger partial charge in [0.05, 0.1) is 0 Å². The number of fused-ring (bicyclic) bond motifs is 9. The molecule has 3 aromatic heterocycles. The molecule has 3 heteroatoms. The summed E-state index contributed by atoms with van der Waals surface area (Å²) in [5.41, 5.74) is 13.0. The first-order valence-electron chi connectivity index (χ1n) is 16.3. The highest BCUT2D eigenvalue weighted by Crippen LogP contribution is 2.44. The van der Waals surface area contributed by atoms with Gasteiger partial charge in [0.2, 0.25) is 0 Å². The molecule has 0 spiro atoms. The van der Waals surface area contributed by atoms with Gasteiger partial charge in [0.25, 0.3) is 0 Å². The molecule has 9 rings (SSSR count). The van der Waals surface area contributed by atoms with Crippen LogP contribution in [0.5, 0.6) is 0 Å². The molecule has 0 saturated heterocycles. The van der Waals surface area contributed by atoms with Crippen LogP contribution in [-0.2, 0) is 6.42 Å². The monoisotopic (exact) mass is 629 g/mol. The number of aryl methyl sites for hydroxylation is 3. The summed E-state index contributed by atoms with van der Waals surface area (Å²) in [4.78, 5) is 3.71. The molecule has 0 saturated carbocycles. The van der Waals surface area contributed by atoms with Gasteiger partial charge in [-0.25, -0.2) is 0 Å². The van der Waals surface area contributed by atoms with E-state index in [2.05, 4.69) is 137 Å². The Morgan fingerprint density at radius 3 is 1.63 bits per heavy atom. The van der Waals surface area contributed by atoms with E-state index in [1.54, 1.807) is 0 Å². The fourth-order valence-corrected chi connectivity index (χ4v) is 9.75. The summed E-state index contributed by atoms with van der Waals surface area (Å²) in [5, 5.41) is 8.06. The Kier molecular flexibility index (Phi) is 6.22. The molecule has 9 aromatic rings. The standard InChI is InChI=1S/C43H35NS2/c1-6-26-7-13-40-34(19-26)36-17-24(4)15-30(42(36)45-40)28-8-11-38-32(21-28)33-22-29(9-12-39(33)44-38)31-16-25(5)18-37-35-20-27(23(2)3)10-14-41(35)46-43(31)37/h7-23,44H,6H2,1-5H3. The van der Waals surface area contributed by atoms with Gasteiger partial charge < -0.3 is 4.98 Å². The number of hydrogen-bond donors (Lipinski definition) is 1. The van der Waals surface area contributed by atoms with Crippen LogP contribution in [0.1, 0.15) is 48.9 Å². The van der Waals surface area contributed by atoms with E-state index >= 15 is 0 Å². The zero-order valence-corrected chi connectivity index (χ0v) is 28.5. The Labute approximate surface area is 277 Å². The number of benzene rings is 6. The van der Waals surface area contributed by atoms with Gasteiger partial charge in [0.15, 0.2) is 0 Å². The van der Waals surface area contributed by atoms with Crippen molar-refractivity contribution >= 4 is 84.8 Å². The molecule has 1 N–H and O–H groups in total. The minimum Gasteiger partial charge on any atom is -0.355 e. The number of nitrogens with one attached hydrogen (secondary N) is 1. The normalized spacial score (nSPS) is 12.3. The Morgan fingerprint density at radius 2 is 1.09 bits per heavy atom. The van der Waals surface area contributed by atoms with Gasteiger partial charge in [-0.05, 0) is 143 Å². The Balaban J connectivity index is 1.24. The molecule has 0 radical (unpaired) electrons. The van der Waals surface area contributed by atoms with Crippen molar-refractivity contribution in [3.8, 4) is 22.3 Å². The summed E-state index contributed by atoms with van der Waals surface area (Å²) in [7, 11) is 0. The Hall–Kier alpha value is -4.44. The molecular formula is C43H35NS2. The van der Waals surface area contributed by atoms with Gasteiger partial charge in [-0.15, -0.1) is 22.7 Å². The first-order chi connectivity index (χ1) is 22.3. The molecule has 0 aliphatic carbocycles. The maximum absolute atomic E-state index is 3.71. The minimum atomic E-state index is 0.515. The van der Waals surface area contributed by atoms with Gasteiger partial charge >= 0.3 is 0 Å². The molecule has 0 atom stereocenters. The highest BCUT2D eigenvalue weighted by molar-refractivity contribution is 7.26. The van der Waals surface area contributed by atoms with Crippen molar-refractivity contribution in [3.05, 3.63) is 119 Å². The fraction of sp³-hybridized carbons (Fsp3) is 0.163. The molecule has 0 amide bonds. The highest BCUT2D eigenvalue weighted by Gasteiger charge is 2.16. The summed E-state index contributed by atoms with van der Waals surface area (Å²) in [6, 6.07) is 37.4. The van der Waals surface area contributed by atoms with Crippen LogP contribution in [0.2, 0.25) is 0 Å². The van der Waals surface area contributed by atoms with Crippen LogP contribution in [0.3, 0.4) is 0 Å². The largest absolute Gasteiger partial charge is 0.355 e. The summed E-state index contributed by atoms with van der Waals surface area (Å²) < 4.78 is 5.48. The van der Waals surface area contributed by atoms with Crippen molar-refractivity contribution in [1.29, 1.82) is 0 Å². The maximum atomic E-state index is 3.71. The minimum absolute atomic E-state index is 0.515. The van der Waals surface area contributed by atoms with E-state index in [4.69, 9.17) is 0 Å². The molecule has 0 unspecified atom stereocenters. The van der Waals surface area contributed by atoms with Crippen LogP contribution < -0.4 is 0 Å². The van der Waals surface area contributed by atoms with Crippen LogP contribution in [0.15, 0.2) is 97.1 Å². The van der Waals surface area contributed by atoms with Gasteiger partial charge in [0.1, 0.15) is 0 Å². The second-order valence-electron chi connectivity index (χ2n) is 13.3. The van der Waals surface area contributed by atoms with Gasteiger partial charge in [-0.1, -0.05) is 45.0 Å². The third kappa shape index (κ3) is 4.26. The fourth-order valence-electron chi connectivity index (χ4n) is 7.35. The van der Waals surface area contributed by atoms with Gasteiger partial charge in [0, 0.05) is 62.2 Å². The number of H-pyrrole nitrogens is 1. The van der Waals surface area contributed by atoms with Crippen LogP contribution in [-0.4, -0.2) is 4.98 Å².